The first-order valence-electron chi connectivity index (χ1n) is 9.45. The van der Waals surface area contributed by atoms with E-state index in [4.69, 9.17) is 9.26 Å². The van der Waals surface area contributed by atoms with Crippen molar-refractivity contribution in [1.82, 2.24) is 24.9 Å². The summed E-state index contributed by atoms with van der Waals surface area (Å²) in [6.07, 6.45) is 2.03. The number of benzene rings is 1. The van der Waals surface area contributed by atoms with Gasteiger partial charge in [0.2, 0.25) is 0 Å². The van der Waals surface area contributed by atoms with Crippen LogP contribution in [0.1, 0.15) is 43.4 Å². The Bertz CT molecular complexity index is 915. The second-order valence-corrected chi connectivity index (χ2v) is 7.23. The maximum Gasteiger partial charge on any atom is 0.266 e. The van der Waals surface area contributed by atoms with Gasteiger partial charge in [-0.25, -0.2) is 0 Å². The van der Waals surface area contributed by atoms with Crippen molar-refractivity contribution in [2.45, 2.75) is 38.3 Å². The summed E-state index contributed by atoms with van der Waals surface area (Å²) >= 11 is 0. The molecular weight excluding hydrogens is 344 g/mol. The standard InChI is InChI=1S/C19H22N6O2/c1-13-11-24(19-20-18(27-23-19)15-5-3-2-4-6-15)12-16-21-22-17(25(13)16)14-7-9-26-10-8-14/h2-6,13-14H,7-12H2,1H3/t13-/m0/s1. The molecule has 1 fully saturated rings. The van der Waals surface area contributed by atoms with Gasteiger partial charge in [0.1, 0.15) is 5.82 Å². The monoisotopic (exact) mass is 366 g/mol. The molecule has 1 atom stereocenters. The van der Waals surface area contributed by atoms with E-state index in [9.17, 15) is 0 Å². The van der Waals surface area contributed by atoms with E-state index in [1.807, 2.05) is 30.3 Å². The van der Waals surface area contributed by atoms with E-state index in [-0.39, 0.29) is 6.04 Å². The van der Waals surface area contributed by atoms with Crippen LogP contribution >= 0.6 is 0 Å². The molecule has 0 unspecified atom stereocenters. The summed E-state index contributed by atoms with van der Waals surface area (Å²) < 4.78 is 13.3. The Morgan fingerprint density at radius 1 is 1.07 bits per heavy atom. The Labute approximate surface area is 157 Å². The van der Waals surface area contributed by atoms with E-state index >= 15 is 0 Å². The van der Waals surface area contributed by atoms with Crippen molar-refractivity contribution < 1.29 is 9.26 Å². The highest BCUT2D eigenvalue weighted by Gasteiger charge is 2.32. The predicted molar refractivity (Wildman–Crippen MR) is 98.3 cm³/mol. The third-order valence-electron chi connectivity index (χ3n) is 5.36. The molecule has 1 saturated heterocycles. The van der Waals surface area contributed by atoms with Crippen molar-refractivity contribution in [3.63, 3.8) is 0 Å². The molecule has 1 aromatic carbocycles. The minimum Gasteiger partial charge on any atom is -0.381 e. The summed E-state index contributed by atoms with van der Waals surface area (Å²) in [6, 6.07) is 10.1. The molecule has 3 aromatic rings. The van der Waals surface area contributed by atoms with Crippen LogP contribution in [-0.4, -0.2) is 44.7 Å². The zero-order valence-corrected chi connectivity index (χ0v) is 15.3. The highest BCUT2D eigenvalue weighted by molar-refractivity contribution is 5.54. The van der Waals surface area contributed by atoms with Crippen LogP contribution in [0, 0.1) is 0 Å². The first kappa shape index (κ1) is 16.4. The molecule has 27 heavy (non-hydrogen) atoms. The van der Waals surface area contributed by atoms with Crippen LogP contribution < -0.4 is 4.90 Å². The number of rotatable bonds is 3. The molecule has 0 saturated carbocycles. The molecule has 0 amide bonds. The van der Waals surface area contributed by atoms with E-state index in [0.29, 0.717) is 24.3 Å². The van der Waals surface area contributed by atoms with Crippen LogP contribution in [0.3, 0.4) is 0 Å². The maximum atomic E-state index is 5.49. The molecule has 2 aliphatic heterocycles. The Kier molecular flexibility index (Phi) is 4.12. The van der Waals surface area contributed by atoms with Gasteiger partial charge in [-0.3, -0.25) is 0 Å². The lowest BCUT2D eigenvalue weighted by Gasteiger charge is -2.33. The molecule has 2 aliphatic rings. The highest BCUT2D eigenvalue weighted by Crippen LogP contribution is 2.32. The Balaban J connectivity index is 1.39. The maximum absolute atomic E-state index is 5.49. The van der Waals surface area contributed by atoms with Gasteiger partial charge in [-0.2, -0.15) is 4.98 Å². The smallest absolute Gasteiger partial charge is 0.266 e. The van der Waals surface area contributed by atoms with Crippen LogP contribution in [0.2, 0.25) is 0 Å². The molecule has 0 N–H and O–H groups in total. The molecule has 0 bridgehead atoms. The van der Waals surface area contributed by atoms with Crippen LogP contribution in [-0.2, 0) is 11.3 Å². The van der Waals surface area contributed by atoms with E-state index < -0.39 is 0 Å². The molecule has 4 heterocycles. The van der Waals surface area contributed by atoms with Gasteiger partial charge >= 0.3 is 0 Å². The fourth-order valence-electron chi connectivity index (χ4n) is 3.99. The average molecular weight is 366 g/mol. The van der Waals surface area contributed by atoms with Gasteiger partial charge in [0.15, 0.2) is 5.82 Å². The third kappa shape index (κ3) is 2.99. The molecule has 140 valence electrons. The van der Waals surface area contributed by atoms with E-state index in [1.165, 1.54) is 0 Å². The summed E-state index contributed by atoms with van der Waals surface area (Å²) in [5.74, 6) is 3.62. The van der Waals surface area contributed by atoms with Gasteiger partial charge in [0.05, 0.1) is 12.6 Å². The number of hydrogen-bond acceptors (Lipinski definition) is 7. The topological polar surface area (TPSA) is 82.1 Å². The number of fused-ring (bicyclic) bond motifs is 1. The van der Waals surface area contributed by atoms with Gasteiger partial charge in [-0.1, -0.05) is 18.2 Å². The van der Waals surface area contributed by atoms with Crippen LogP contribution in [0.4, 0.5) is 5.95 Å². The lowest BCUT2D eigenvalue weighted by atomic mass is 9.99. The quantitative estimate of drug-likeness (QED) is 0.705. The van der Waals surface area contributed by atoms with Gasteiger partial charge in [0.25, 0.3) is 11.8 Å². The molecule has 2 aromatic heterocycles. The van der Waals surface area contributed by atoms with Crippen molar-refractivity contribution in [3.8, 4) is 11.5 Å². The SMILES string of the molecule is C[C@H]1CN(c2noc(-c3ccccc3)n2)Cc2nnc(C3CCOCC3)n21. The summed E-state index contributed by atoms with van der Waals surface area (Å²) in [7, 11) is 0. The van der Waals surface area contributed by atoms with Crippen molar-refractivity contribution in [2.75, 3.05) is 24.7 Å². The zero-order valence-electron chi connectivity index (χ0n) is 15.3. The first-order chi connectivity index (χ1) is 13.3. The van der Waals surface area contributed by atoms with Crippen molar-refractivity contribution in [2.24, 2.45) is 0 Å². The van der Waals surface area contributed by atoms with E-state index in [2.05, 4.69) is 36.7 Å². The molecule has 0 spiro atoms. The van der Waals surface area contributed by atoms with E-state index in [1.54, 1.807) is 0 Å². The molecular formula is C19H22N6O2. The Hall–Kier alpha value is -2.74. The molecule has 0 aliphatic carbocycles. The Morgan fingerprint density at radius 2 is 1.89 bits per heavy atom. The van der Waals surface area contributed by atoms with Crippen LogP contribution in [0.15, 0.2) is 34.9 Å². The van der Waals surface area contributed by atoms with Gasteiger partial charge in [-0.05, 0) is 37.1 Å². The molecule has 8 heteroatoms. The Morgan fingerprint density at radius 3 is 2.70 bits per heavy atom. The van der Waals surface area contributed by atoms with Crippen molar-refractivity contribution >= 4 is 5.95 Å². The van der Waals surface area contributed by atoms with Gasteiger partial charge in [0, 0.05) is 31.2 Å². The molecule has 0 radical (unpaired) electrons. The largest absolute Gasteiger partial charge is 0.381 e. The van der Waals surface area contributed by atoms with Gasteiger partial charge in [-0.15, -0.1) is 10.2 Å². The lowest BCUT2D eigenvalue weighted by Crippen LogP contribution is -2.38. The number of ether oxygens (including phenoxy) is 1. The second kappa shape index (κ2) is 6.77. The average Bonchev–Trinajstić information content (AvgIpc) is 3.37. The minimum absolute atomic E-state index is 0.250. The number of hydrogen-bond donors (Lipinski definition) is 0. The summed E-state index contributed by atoms with van der Waals surface area (Å²) in [4.78, 5) is 6.69. The van der Waals surface area contributed by atoms with Crippen molar-refractivity contribution in [1.29, 1.82) is 0 Å². The normalized spacial score (nSPS) is 20.6. The van der Waals surface area contributed by atoms with Crippen LogP contribution in [0.25, 0.3) is 11.5 Å². The fourth-order valence-corrected chi connectivity index (χ4v) is 3.99. The minimum atomic E-state index is 0.250. The first-order valence-corrected chi connectivity index (χ1v) is 9.45. The number of anilines is 1. The van der Waals surface area contributed by atoms with E-state index in [0.717, 1.165) is 49.8 Å². The summed E-state index contributed by atoms with van der Waals surface area (Å²) in [5, 5.41) is 13.2. The number of aromatic nitrogens is 5. The fraction of sp³-hybridized carbons (Fsp3) is 0.474. The van der Waals surface area contributed by atoms with Gasteiger partial charge < -0.3 is 18.7 Å². The van der Waals surface area contributed by atoms with Crippen molar-refractivity contribution in [3.05, 3.63) is 42.0 Å². The molecule has 8 nitrogen and oxygen atoms in total. The number of nitrogens with zero attached hydrogens (tertiary/aromatic N) is 6. The predicted octanol–water partition coefficient (Wildman–Crippen LogP) is 2.80. The zero-order chi connectivity index (χ0) is 18.2. The van der Waals surface area contributed by atoms with Crippen LogP contribution in [0.5, 0.6) is 0 Å². The summed E-state index contributed by atoms with van der Waals surface area (Å²) in [5.41, 5.74) is 0.922. The second-order valence-electron chi connectivity index (χ2n) is 7.23. The highest BCUT2D eigenvalue weighted by atomic mass is 16.5. The third-order valence-corrected chi connectivity index (χ3v) is 5.36. The molecule has 5 rings (SSSR count). The lowest BCUT2D eigenvalue weighted by molar-refractivity contribution is 0.0823. The summed E-state index contributed by atoms with van der Waals surface area (Å²) in [6.45, 7) is 5.24.